The molecule has 2 N–H and O–H groups in total. The fourth-order valence-electron chi connectivity index (χ4n) is 1.26. The van der Waals surface area contributed by atoms with Crippen LogP contribution in [0.4, 0.5) is 4.39 Å². The number of halogens is 2. The van der Waals surface area contributed by atoms with E-state index in [4.69, 9.17) is 10.2 Å². The van der Waals surface area contributed by atoms with Crippen molar-refractivity contribution in [3.05, 3.63) is 33.0 Å². The molecule has 80 valence electrons. The van der Waals surface area contributed by atoms with E-state index in [2.05, 4.69) is 15.9 Å². The van der Waals surface area contributed by atoms with Crippen molar-refractivity contribution in [2.24, 2.45) is 0 Å². The highest BCUT2D eigenvalue weighted by Gasteiger charge is 2.22. The molecule has 0 bridgehead atoms. The van der Waals surface area contributed by atoms with Gasteiger partial charge in [-0.25, -0.2) is 14.0 Å². The molecule has 0 aromatic heterocycles. The van der Waals surface area contributed by atoms with Gasteiger partial charge in [-0.15, -0.1) is 0 Å². The molecule has 15 heavy (non-hydrogen) atoms. The van der Waals surface area contributed by atoms with Crippen LogP contribution in [0, 0.1) is 12.7 Å². The number of carboxylic acids is 2. The van der Waals surface area contributed by atoms with Gasteiger partial charge in [-0.2, -0.15) is 0 Å². The molecule has 0 radical (unpaired) electrons. The topological polar surface area (TPSA) is 74.6 Å². The standard InChI is InChI=1S/C9H6BrFO4/c1-3-6(8(12)13)4(10)2-5(11)7(3)9(14)15/h2H,1H3,(H,12,13)(H,14,15). The molecule has 1 aromatic carbocycles. The van der Waals surface area contributed by atoms with E-state index in [1.54, 1.807) is 0 Å². The molecule has 0 heterocycles. The lowest BCUT2D eigenvalue weighted by Crippen LogP contribution is -2.10. The second-order valence-corrected chi connectivity index (χ2v) is 3.68. The molecule has 0 aliphatic heterocycles. The van der Waals surface area contributed by atoms with Crippen LogP contribution in [-0.4, -0.2) is 22.2 Å². The summed E-state index contributed by atoms with van der Waals surface area (Å²) >= 11 is 2.87. The summed E-state index contributed by atoms with van der Waals surface area (Å²) in [7, 11) is 0. The monoisotopic (exact) mass is 276 g/mol. The van der Waals surface area contributed by atoms with Crippen molar-refractivity contribution >= 4 is 27.9 Å². The van der Waals surface area contributed by atoms with Gasteiger partial charge in [0.1, 0.15) is 5.82 Å². The predicted molar refractivity (Wildman–Crippen MR) is 52.8 cm³/mol. The van der Waals surface area contributed by atoms with Crippen LogP contribution in [-0.2, 0) is 0 Å². The zero-order valence-electron chi connectivity index (χ0n) is 7.54. The number of aromatic carboxylic acids is 2. The molecule has 4 nitrogen and oxygen atoms in total. The Morgan fingerprint density at radius 2 is 1.73 bits per heavy atom. The van der Waals surface area contributed by atoms with E-state index in [0.29, 0.717) is 0 Å². The van der Waals surface area contributed by atoms with Crippen LogP contribution >= 0.6 is 15.9 Å². The zero-order chi connectivity index (χ0) is 11.7. The minimum atomic E-state index is -1.49. The molecular formula is C9H6BrFO4. The summed E-state index contributed by atoms with van der Waals surface area (Å²) in [6.45, 7) is 1.25. The third-order valence-electron chi connectivity index (χ3n) is 1.91. The molecule has 0 fully saturated rings. The minimum absolute atomic E-state index is 0.0231. The van der Waals surface area contributed by atoms with E-state index in [1.165, 1.54) is 6.92 Å². The number of hydrogen-bond donors (Lipinski definition) is 2. The van der Waals surface area contributed by atoms with E-state index in [9.17, 15) is 14.0 Å². The summed E-state index contributed by atoms with van der Waals surface area (Å²) < 4.78 is 13.2. The molecular weight excluding hydrogens is 271 g/mol. The van der Waals surface area contributed by atoms with Crippen LogP contribution in [0.25, 0.3) is 0 Å². The lowest BCUT2D eigenvalue weighted by molar-refractivity contribution is 0.0691. The number of rotatable bonds is 2. The van der Waals surface area contributed by atoms with Gasteiger partial charge in [0.15, 0.2) is 0 Å². The molecule has 1 rings (SSSR count). The Kier molecular flexibility index (Phi) is 3.09. The van der Waals surface area contributed by atoms with E-state index in [1.807, 2.05) is 0 Å². The maximum absolute atomic E-state index is 13.2. The quantitative estimate of drug-likeness (QED) is 0.869. The maximum atomic E-state index is 13.2. The van der Waals surface area contributed by atoms with Gasteiger partial charge >= 0.3 is 11.9 Å². The van der Waals surface area contributed by atoms with E-state index in [-0.39, 0.29) is 15.6 Å². The maximum Gasteiger partial charge on any atom is 0.338 e. The Bertz CT molecular complexity index is 418. The Morgan fingerprint density at radius 1 is 1.27 bits per heavy atom. The number of hydrogen-bond acceptors (Lipinski definition) is 2. The molecule has 0 amide bonds. The van der Waals surface area contributed by atoms with Crippen molar-refractivity contribution in [2.45, 2.75) is 6.92 Å². The normalized spacial score (nSPS) is 10.1. The summed E-state index contributed by atoms with van der Waals surface area (Å²) in [6, 6.07) is 0.833. The van der Waals surface area contributed by atoms with Gasteiger partial charge in [-0.3, -0.25) is 0 Å². The van der Waals surface area contributed by atoms with Crippen molar-refractivity contribution in [1.82, 2.24) is 0 Å². The highest BCUT2D eigenvalue weighted by molar-refractivity contribution is 9.10. The first-order valence-corrected chi connectivity index (χ1v) is 4.60. The first-order valence-electron chi connectivity index (χ1n) is 3.81. The number of carboxylic acid groups (broad SMARTS) is 2. The fourth-order valence-corrected chi connectivity index (χ4v) is 1.93. The molecule has 0 saturated heterocycles. The average molecular weight is 277 g/mol. The van der Waals surface area contributed by atoms with Crippen molar-refractivity contribution in [1.29, 1.82) is 0 Å². The van der Waals surface area contributed by atoms with Crippen molar-refractivity contribution < 1.29 is 24.2 Å². The smallest absolute Gasteiger partial charge is 0.338 e. The molecule has 0 unspecified atom stereocenters. The Labute approximate surface area is 92.5 Å². The number of carbonyl (C=O) groups is 2. The lowest BCUT2D eigenvalue weighted by Gasteiger charge is -2.08. The second-order valence-electron chi connectivity index (χ2n) is 2.83. The summed E-state index contributed by atoms with van der Waals surface area (Å²) in [5, 5.41) is 17.5. The first kappa shape index (κ1) is 11.6. The highest BCUT2D eigenvalue weighted by atomic mass is 79.9. The second kappa shape index (κ2) is 3.98. The third kappa shape index (κ3) is 1.99. The van der Waals surface area contributed by atoms with Crippen molar-refractivity contribution in [3.63, 3.8) is 0 Å². The van der Waals surface area contributed by atoms with Crippen LogP contribution in [0.1, 0.15) is 26.3 Å². The van der Waals surface area contributed by atoms with Gasteiger partial charge in [-0.1, -0.05) is 0 Å². The van der Waals surface area contributed by atoms with Crippen LogP contribution in [0.2, 0.25) is 0 Å². The summed E-state index contributed by atoms with van der Waals surface area (Å²) in [5.74, 6) is -3.75. The average Bonchev–Trinajstić information content (AvgIpc) is 1.99. The third-order valence-corrected chi connectivity index (χ3v) is 2.53. The fraction of sp³-hybridized carbons (Fsp3) is 0.111. The van der Waals surface area contributed by atoms with Crippen LogP contribution < -0.4 is 0 Å². The van der Waals surface area contributed by atoms with E-state index < -0.39 is 23.3 Å². The van der Waals surface area contributed by atoms with E-state index in [0.717, 1.165) is 6.07 Å². The van der Waals surface area contributed by atoms with Crippen LogP contribution in [0.15, 0.2) is 10.5 Å². The molecule has 0 atom stereocenters. The zero-order valence-corrected chi connectivity index (χ0v) is 9.13. The van der Waals surface area contributed by atoms with Crippen molar-refractivity contribution in [2.75, 3.05) is 0 Å². The highest BCUT2D eigenvalue weighted by Crippen LogP contribution is 2.26. The summed E-state index contributed by atoms with van der Waals surface area (Å²) in [5.41, 5.74) is -0.966. The van der Waals surface area contributed by atoms with Gasteiger partial charge in [0.05, 0.1) is 11.1 Å². The molecule has 6 heteroatoms. The van der Waals surface area contributed by atoms with Crippen molar-refractivity contribution in [3.8, 4) is 0 Å². The lowest BCUT2D eigenvalue weighted by atomic mass is 10.0. The molecule has 0 aliphatic rings. The number of benzene rings is 1. The SMILES string of the molecule is Cc1c(C(=O)O)c(F)cc(Br)c1C(=O)O. The van der Waals surface area contributed by atoms with Gasteiger partial charge in [-0.05, 0) is 34.5 Å². The van der Waals surface area contributed by atoms with Gasteiger partial charge in [0.25, 0.3) is 0 Å². The van der Waals surface area contributed by atoms with Crippen LogP contribution in [0.3, 0.4) is 0 Å². The largest absolute Gasteiger partial charge is 0.478 e. The first-order chi connectivity index (χ1) is 6.86. The molecule has 1 aromatic rings. The van der Waals surface area contributed by atoms with Crippen LogP contribution in [0.5, 0.6) is 0 Å². The summed E-state index contributed by atoms with van der Waals surface area (Å²) in [6.07, 6.45) is 0. The Hall–Kier alpha value is -1.43. The minimum Gasteiger partial charge on any atom is -0.478 e. The summed E-state index contributed by atoms with van der Waals surface area (Å²) in [4.78, 5) is 21.5. The molecule has 0 spiro atoms. The Morgan fingerprint density at radius 3 is 2.13 bits per heavy atom. The van der Waals surface area contributed by atoms with Gasteiger partial charge in [0.2, 0.25) is 0 Å². The predicted octanol–water partition coefficient (Wildman–Crippen LogP) is 2.29. The molecule has 0 saturated carbocycles. The molecule has 0 aliphatic carbocycles. The van der Waals surface area contributed by atoms with Gasteiger partial charge < -0.3 is 10.2 Å². The Balaban J connectivity index is 3.64. The van der Waals surface area contributed by atoms with E-state index >= 15 is 0 Å². The van der Waals surface area contributed by atoms with Gasteiger partial charge in [0, 0.05) is 4.47 Å².